The van der Waals surface area contributed by atoms with Crippen molar-refractivity contribution in [2.24, 2.45) is 0 Å². The lowest BCUT2D eigenvalue weighted by atomic mass is 10.1. The number of rotatable bonds is 3. The molecule has 1 aromatic carbocycles. The Morgan fingerprint density at radius 3 is 2.43 bits per heavy atom. The van der Waals surface area contributed by atoms with Gasteiger partial charge in [0, 0.05) is 39.2 Å². The second kappa shape index (κ2) is 6.09. The van der Waals surface area contributed by atoms with Crippen molar-refractivity contribution < 1.29 is 9.72 Å². The van der Waals surface area contributed by atoms with Crippen LogP contribution in [-0.2, 0) is 4.79 Å². The van der Waals surface area contributed by atoms with Crippen LogP contribution in [-0.4, -0.2) is 49.0 Å². The number of carbonyl (C=O) groups is 1. The lowest BCUT2D eigenvalue weighted by Crippen LogP contribution is -2.45. The molecule has 0 saturated carbocycles. The molecule has 1 aromatic rings. The van der Waals surface area contributed by atoms with Gasteiger partial charge in [-0.15, -0.1) is 0 Å². The van der Waals surface area contributed by atoms with Crippen molar-refractivity contribution in [2.75, 3.05) is 43.4 Å². The highest BCUT2D eigenvalue weighted by Crippen LogP contribution is 2.36. The van der Waals surface area contributed by atoms with E-state index in [2.05, 4.69) is 15.1 Å². The highest BCUT2D eigenvalue weighted by molar-refractivity contribution is 5.94. The van der Waals surface area contributed by atoms with Crippen LogP contribution in [0.4, 0.5) is 17.1 Å². The molecule has 114 valence electrons. The fourth-order valence-corrected chi connectivity index (χ4v) is 2.62. The van der Waals surface area contributed by atoms with Crippen LogP contribution in [0.25, 0.3) is 0 Å². The number of likely N-dealkylation sites (N-methyl/N-ethyl adjacent to an activating group) is 1. The summed E-state index contributed by atoms with van der Waals surface area (Å²) in [6.45, 7) is 6.51. The number of hydrogen-bond acceptors (Lipinski definition) is 5. The number of anilines is 2. The number of piperazine rings is 1. The minimum Gasteiger partial charge on any atom is -0.367 e. The molecule has 1 fully saturated rings. The lowest BCUT2D eigenvalue weighted by molar-refractivity contribution is -0.385. The summed E-state index contributed by atoms with van der Waals surface area (Å²) < 4.78 is 0. The average Bonchev–Trinajstić information content (AvgIpc) is 2.39. The van der Waals surface area contributed by atoms with Gasteiger partial charge < -0.3 is 15.1 Å². The van der Waals surface area contributed by atoms with Gasteiger partial charge in [0.25, 0.3) is 5.69 Å². The van der Waals surface area contributed by atoms with E-state index < -0.39 is 0 Å². The molecule has 21 heavy (non-hydrogen) atoms. The van der Waals surface area contributed by atoms with E-state index in [9.17, 15) is 14.9 Å². The van der Waals surface area contributed by atoms with E-state index in [-0.39, 0.29) is 16.5 Å². The van der Waals surface area contributed by atoms with Crippen LogP contribution in [0.1, 0.15) is 12.5 Å². The molecule has 0 atom stereocenters. The SMILES string of the molecule is CC(=O)Nc1ccc([N+](=O)[O-])c(C)c1N1CCN(C)CC1. The molecule has 0 aliphatic carbocycles. The van der Waals surface area contributed by atoms with E-state index in [1.54, 1.807) is 13.0 Å². The summed E-state index contributed by atoms with van der Waals surface area (Å²) in [6.07, 6.45) is 0. The van der Waals surface area contributed by atoms with Gasteiger partial charge in [-0.05, 0) is 20.0 Å². The van der Waals surface area contributed by atoms with Crippen LogP contribution in [0.5, 0.6) is 0 Å². The number of nitrogens with one attached hydrogen (secondary N) is 1. The quantitative estimate of drug-likeness (QED) is 0.676. The van der Waals surface area contributed by atoms with Crippen LogP contribution in [0.2, 0.25) is 0 Å². The molecule has 1 N–H and O–H groups in total. The van der Waals surface area contributed by atoms with E-state index >= 15 is 0 Å². The van der Waals surface area contributed by atoms with Crippen LogP contribution < -0.4 is 10.2 Å². The van der Waals surface area contributed by atoms with Crippen molar-refractivity contribution in [2.45, 2.75) is 13.8 Å². The van der Waals surface area contributed by atoms with Crippen molar-refractivity contribution in [1.29, 1.82) is 0 Å². The molecule has 7 nitrogen and oxygen atoms in total. The van der Waals surface area contributed by atoms with Crippen LogP contribution >= 0.6 is 0 Å². The maximum absolute atomic E-state index is 11.4. The summed E-state index contributed by atoms with van der Waals surface area (Å²) in [4.78, 5) is 26.4. The highest BCUT2D eigenvalue weighted by atomic mass is 16.6. The Kier molecular flexibility index (Phi) is 4.42. The molecule has 2 rings (SSSR count). The second-order valence-electron chi connectivity index (χ2n) is 5.33. The second-order valence-corrected chi connectivity index (χ2v) is 5.33. The molecule has 0 aromatic heterocycles. The standard InChI is InChI=1S/C14H20N4O3/c1-10-13(18(20)21)5-4-12(15-11(2)19)14(10)17-8-6-16(3)7-9-17/h4-5H,6-9H2,1-3H3,(H,15,19). The monoisotopic (exact) mass is 292 g/mol. The van der Waals surface area contributed by atoms with E-state index in [4.69, 9.17) is 0 Å². The minimum atomic E-state index is -0.382. The maximum Gasteiger partial charge on any atom is 0.274 e. The van der Waals surface area contributed by atoms with E-state index in [0.29, 0.717) is 11.3 Å². The summed E-state index contributed by atoms with van der Waals surface area (Å²) in [5, 5.41) is 13.9. The molecule has 1 aliphatic rings. The molecule has 0 unspecified atom stereocenters. The highest BCUT2D eigenvalue weighted by Gasteiger charge is 2.24. The van der Waals surface area contributed by atoms with Crippen molar-refractivity contribution in [3.63, 3.8) is 0 Å². The number of nitro benzene ring substituents is 1. The first-order valence-electron chi connectivity index (χ1n) is 6.89. The fourth-order valence-electron chi connectivity index (χ4n) is 2.62. The van der Waals surface area contributed by atoms with E-state index in [1.165, 1.54) is 13.0 Å². The van der Waals surface area contributed by atoms with Gasteiger partial charge in [-0.1, -0.05) is 0 Å². The summed E-state index contributed by atoms with van der Waals surface area (Å²) in [5.74, 6) is -0.182. The van der Waals surface area contributed by atoms with Crippen LogP contribution in [0.15, 0.2) is 12.1 Å². The zero-order chi connectivity index (χ0) is 15.6. The van der Waals surface area contributed by atoms with Gasteiger partial charge in [0.15, 0.2) is 0 Å². The Morgan fingerprint density at radius 1 is 1.29 bits per heavy atom. The third-order valence-corrected chi connectivity index (χ3v) is 3.73. The van der Waals surface area contributed by atoms with Gasteiger partial charge in [-0.3, -0.25) is 14.9 Å². The Bertz CT molecular complexity index is 566. The fraction of sp³-hybridized carbons (Fsp3) is 0.500. The van der Waals surface area contributed by atoms with Crippen molar-refractivity contribution in [3.8, 4) is 0 Å². The topological polar surface area (TPSA) is 78.7 Å². The Hall–Kier alpha value is -2.15. The third-order valence-electron chi connectivity index (χ3n) is 3.73. The molecule has 1 amide bonds. The molecule has 0 spiro atoms. The lowest BCUT2D eigenvalue weighted by Gasteiger charge is -2.35. The normalized spacial score (nSPS) is 15.9. The largest absolute Gasteiger partial charge is 0.367 e. The third kappa shape index (κ3) is 3.30. The van der Waals surface area contributed by atoms with Gasteiger partial charge in [0.1, 0.15) is 0 Å². The Labute approximate surface area is 123 Å². The predicted octanol–water partition coefficient (Wildman–Crippen LogP) is 1.61. The average molecular weight is 292 g/mol. The summed E-state index contributed by atoms with van der Waals surface area (Å²) >= 11 is 0. The van der Waals surface area contributed by atoms with Crippen molar-refractivity contribution in [1.82, 2.24) is 4.90 Å². The Balaban J connectivity index is 2.45. The summed E-state index contributed by atoms with van der Waals surface area (Å²) in [7, 11) is 2.05. The molecule has 1 saturated heterocycles. The van der Waals surface area contributed by atoms with Crippen molar-refractivity contribution in [3.05, 3.63) is 27.8 Å². The number of amides is 1. The van der Waals surface area contributed by atoms with Gasteiger partial charge >= 0.3 is 0 Å². The summed E-state index contributed by atoms with van der Waals surface area (Å²) in [5.41, 5.74) is 2.07. The van der Waals surface area contributed by atoms with Crippen LogP contribution in [0, 0.1) is 17.0 Å². The molecule has 7 heteroatoms. The Morgan fingerprint density at radius 2 is 1.90 bits per heavy atom. The van der Waals surface area contributed by atoms with Gasteiger partial charge in [0.2, 0.25) is 5.91 Å². The number of nitrogens with zero attached hydrogens (tertiary/aromatic N) is 3. The van der Waals surface area contributed by atoms with E-state index in [1.807, 2.05) is 7.05 Å². The molecule has 1 aliphatic heterocycles. The molecule has 0 radical (unpaired) electrons. The maximum atomic E-state index is 11.4. The predicted molar refractivity (Wildman–Crippen MR) is 81.8 cm³/mol. The van der Waals surface area contributed by atoms with Gasteiger partial charge in [0.05, 0.1) is 21.9 Å². The molecule has 0 bridgehead atoms. The van der Waals surface area contributed by atoms with Gasteiger partial charge in [-0.2, -0.15) is 0 Å². The zero-order valence-electron chi connectivity index (χ0n) is 12.5. The van der Waals surface area contributed by atoms with Crippen molar-refractivity contribution >= 4 is 23.0 Å². The number of benzene rings is 1. The first kappa shape index (κ1) is 15.2. The number of hydrogen-bond donors (Lipinski definition) is 1. The number of nitro groups is 1. The smallest absolute Gasteiger partial charge is 0.274 e. The van der Waals surface area contributed by atoms with Crippen LogP contribution in [0.3, 0.4) is 0 Å². The minimum absolute atomic E-state index is 0.0815. The molecule has 1 heterocycles. The first-order valence-corrected chi connectivity index (χ1v) is 6.89. The van der Waals surface area contributed by atoms with E-state index in [0.717, 1.165) is 31.9 Å². The van der Waals surface area contributed by atoms with Gasteiger partial charge in [-0.25, -0.2) is 0 Å². The molecular weight excluding hydrogens is 272 g/mol. The molecular formula is C14H20N4O3. The number of carbonyl (C=O) groups excluding carboxylic acids is 1. The summed E-state index contributed by atoms with van der Waals surface area (Å²) in [6, 6.07) is 3.06. The first-order chi connectivity index (χ1) is 9.90. The zero-order valence-corrected chi connectivity index (χ0v) is 12.5.